The van der Waals surface area contributed by atoms with Gasteiger partial charge < -0.3 is 15.0 Å². The van der Waals surface area contributed by atoms with Crippen molar-refractivity contribution in [1.29, 1.82) is 0 Å². The van der Waals surface area contributed by atoms with Crippen LogP contribution in [-0.2, 0) is 22.6 Å². The van der Waals surface area contributed by atoms with Crippen LogP contribution < -0.4 is 10.1 Å². The average molecular weight is 602 g/mol. The summed E-state index contributed by atoms with van der Waals surface area (Å²) in [5, 5.41) is 2.98. The first-order valence-corrected chi connectivity index (χ1v) is 13.2. The van der Waals surface area contributed by atoms with E-state index >= 15 is 0 Å². The number of nitrogens with one attached hydrogen (secondary N) is 1. The summed E-state index contributed by atoms with van der Waals surface area (Å²) < 4.78 is 7.78. The fourth-order valence-electron chi connectivity index (χ4n) is 3.64. The van der Waals surface area contributed by atoms with Crippen molar-refractivity contribution in [2.45, 2.75) is 39.3 Å². The van der Waals surface area contributed by atoms with E-state index in [1.165, 1.54) is 0 Å². The fourth-order valence-corrected chi connectivity index (χ4v) is 4.15. The molecule has 0 aliphatic heterocycles. The highest BCUT2D eigenvalue weighted by molar-refractivity contribution is 9.10. The molecule has 5 nitrogen and oxygen atoms in total. The van der Waals surface area contributed by atoms with E-state index in [2.05, 4.69) is 37.2 Å². The number of halogens is 2. The summed E-state index contributed by atoms with van der Waals surface area (Å²) in [4.78, 5) is 28.5. The Kier molecular flexibility index (Phi) is 10.4. The molecule has 35 heavy (non-hydrogen) atoms. The van der Waals surface area contributed by atoms with Gasteiger partial charge in [-0.3, -0.25) is 9.59 Å². The van der Waals surface area contributed by atoms with Gasteiger partial charge in [-0.05, 0) is 60.4 Å². The average Bonchev–Trinajstić information content (AvgIpc) is 2.87. The summed E-state index contributed by atoms with van der Waals surface area (Å²) in [6.07, 6.45) is 1.23. The molecule has 0 aromatic heterocycles. The second-order valence-corrected chi connectivity index (χ2v) is 10.1. The van der Waals surface area contributed by atoms with Gasteiger partial charge in [0.05, 0.1) is 0 Å². The van der Waals surface area contributed by atoms with Crippen LogP contribution in [0.5, 0.6) is 5.75 Å². The minimum absolute atomic E-state index is 0.163. The van der Waals surface area contributed by atoms with Crippen LogP contribution >= 0.6 is 31.9 Å². The largest absolute Gasteiger partial charge is 0.484 e. The van der Waals surface area contributed by atoms with Crippen LogP contribution in [0.3, 0.4) is 0 Å². The lowest BCUT2D eigenvalue weighted by Crippen LogP contribution is -2.51. The zero-order chi connectivity index (χ0) is 25.2. The first-order chi connectivity index (χ1) is 16.9. The molecule has 0 bridgehead atoms. The lowest BCUT2D eigenvalue weighted by Gasteiger charge is -2.31. The van der Waals surface area contributed by atoms with Crippen molar-refractivity contribution in [3.63, 3.8) is 0 Å². The predicted molar refractivity (Wildman–Crippen MR) is 146 cm³/mol. The molecule has 0 aliphatic rings. The number of hydrogen-bond acceptors (Lipinski definition) is 3. The van der Waals surface area contributed by atoms with Crippen LogP contribution in [0, 0.1) is 6.92 Å². The Morgan fingerprint density at radius 3 is 2.34 bits per heavy atom. The number of ether oxygens (including phenoxy) is 1. The highest BCUT2D eigenvalue weighted by Crippen LogP contribution is 2.22. The second-order valence-electron chi connectivity index (χ2n) is 8.34. The van der Waals surface area contributed by atoms with E-state index in [1.807, 2.05) is 86.6 Å². The second kappa shape index (κ2) is 13.4. The van der Waals surface area contributed by atoms with Gasteiger partial charge in [-0.2, -0.15) is 0 Å². The van der Waals surface area contributed by atoms with Gasteiger partial charge in [0.1, 0.15) is 11.8 Å². The summed E-state index contributed by atoms with van der Waals surface area (Å²) in [6.45, 7) is 4.66. The molecule has 1 atom stereocenters. The van der Waals surface area contributed by atoms with Gasteiger partial charge in [-0.15, -0.1) is 0 Å². The molecule has 3 rings (SSSR count). The zero-order valence-electron chi connectivity index (χ0n) is 20.0. The molecule has 184 valence electrons. The van der Waals surface area contributed by atoms with Crippen molar-refractivity contribution >= 4 is 43.7 Å². The first-order valence-electron chi connectivity index (χ1n) is 11.6. The predicted octanol–water partition coefficient (Wildman–Crippen LogP) is 6.07. The normalized spacial score (nSPS) is 11.5. The molecule has 7 heteroatoms. The number of carbonyl (C=O) groups excluding carboxylic acids is 2. The summed E-state index contributed by atoms with van der Waals surface area (Å²) in [6, 6.07) is 22.5. The molecule has 0 heterocycles. The van der Waals surface area contributed by atoms with Gasteiger partial charge >= 0.3 is 0 Å². The van der Waals surface area contributed by atoms with Crippen molar-refractivity contribution in [1.82, 2.24) is 10.2 Å². The van der Waals surface area contributed by atoms with Crippen LogP contribution in [0.2, 0.25) is 0 Å². The fraction of sp³-hybridized carbons (Fsp3) is 0.286. The van der Waals surface area contributed by atoms with Gasteiger partial charge in [0, 0.05) is 28.5 Å². The smallest absolute Gasteiger partial charge is 0.261 e. The minimum atomic E-state index is -0.671. The lowest BCUT2D eigenvalue weighted by atomic mass is 10.0. The molecule has 0 radical (unpaired) electrons. The molecule has 0 saturated heterocycles. The molecular weight excluding hydrogens is 572 g/mol. The van der Waals surface area contributed by atoms with Gasteiger partial charge in [-0.1, -0.05) is 81.2 Å². The molecule has 1 unspecified atom stereocenters. The highest BCUT2D eigenvalue weighted by atomic mass is 79.9. The Hall–Kier alpha value is -2.64. The van der Waals surface area contributed by atoms with Crippen molar-refractivity contribution in [3.8, 4) is 5.75 Å². The maximum absolute atomic E-state index is 13.6. The standard InChI is InChI=1S/C28H30Br2N2O3/c1-3-15-31-28(34)26(17-21-7-5-4-6-8-21)32(18-22-9-11-23(29)12-10-22)27(33)19-35-24-13-14-25(30)20(2)16-24/h4-14,16,26H,3,15,17-19H2,1-2H3,(H,31,34). The van der Waals surface area contributed by atoms with Crippen molar-refractivity contribution < 1.29 is 14.3 Å². The molecular formula is C28H30Br2N2O3. The van der Waals surface area contributed by atoms with E-state index in [9.17, 15) is 9.59 Å². The summed E-state index contributed by atoms with van der Waals surface area (Å²) in [7, 11) is 0. The van der Waals surface area contributed by atoms with Crippen LogP contribution in [0.4, 0.5) is 0 Å². The first kappa shape index (κ1) is 27.0. The zero-order valence-corrected chi connectivity index (χ0v) is 23.1. The van der Waals surface area contributed by atoms with E-state index < -0.39 is 6.04 Å². The third kappa shape index (κ3) is 8.22. The number of amides is 2. The Bertz CT molecular complexity index is 1120. The van der Waals surface area contributed by atoms with Crippen molar-refractivity contribution in [2.24, 2.45) is 0 Å². The van der Waals surface area contributed by atoms with E-state index in [4.69, 9.17) is 4.74 Å². The summed E-state index contributed by atoms with van der Waals surface area (Å²) >= 11 is 6.94. The van der Waals surface area contributed by atoms with Crippen molar-refractivity contribution in [3.05, 3.63) is 98.4 Å². The number of nitrogens with zero attached hydrogens (tertiary/aromatic N) is 1. The Balaban J connectivity index is 1.88. The van der Waals surface area contributed by atoms with Gasteiger partial charge in [0.2, 0.25) is 5.91 Å². The summed E-state index contributed by atoms with van der Waals surface area (Å²) in [5.41, 5.74) is 2.94. The van der Waals surface area contributed by atoms with Crippen LogP contribution in [0.25, 0.3) is 0 Å². The minimum Gasteiger partial charge on any atom is -0.484 e. The van der Waals surface area contributed by atoms with Crippen LogP contribution in [0.1, 0.15) is 30.0 Å². The van der Waals surface area contributed by atoms with E-state index in [0.29, 0.717) is 25.3 Å². The van der Waals surface area contributed by atoms with E-state index in [-0.39, 0.29) is 18.4 Å². The van der Waals surface area contributed by atoms with Crippen molar-refractivity contribution in [2.75, 3.05) is 13.2 Å². The number of aryl methyl sites for hydroxylation is 1. The number of hydrogen-bond donors (Lipinski definition) is 1. The lowest BCUT2D eigenvalue weighted by molar-refractivity contribution is -0.142. The third-order valence-electron chi connectivity index (χ3n) is 5.58. The quantitative estimate of drug-likeness (QED) is 0.290. The number of benzene rings is 3. The van der Waals surface area contributed by atoms with Gasteiger partial charge in [0.15, 0.2) is 6.61 Å². The third-order valence-corrected chi connectivity index (χ3v) is 7.00. The van der Waals surface area contributed by atoms with Gasteiger partial charge in [-0.25, -0.2) is 0 Å². The maximum atomic E-state index is 13.6. The monoisotopic (exact) mass is 600 g/mol. The molecule has 0 aliphatic carbocycles. The SMILES string of the molecule is CCCNC(=O)C(Cc1ccccc1)N(Cc1ccc(Br)cc1)C(=O)COc1ccc(Br)c(C)c1. The Morgan fingerprint density at radius 2 is 1.69 bits per heavy atom. The molecule has 0 saturated carbocycles. The molecule has 0 fully saturated rings. The highest BCUT2D eigenvalue weighted by Gasteiger charge is 2.30. The van der Waals surface area contributed by atoms with E-state index in [1.54, 1.807) is 4.90 Å². The Morgan fingerprint density at radius 1 is 0.971 bits per heavy atom. The maximum Gasteiger partial charge on any atom is 0.261 e. The van der Waals surface area contributed by atoms with Crippen LogP contribution in [-0.4, -0.2) is 35.9 Å². The number of carbonyl (C=O) groups is 2. The molecule has 1 N–H and O–H groups in total. The molecule has 3 aromatic rings. The number of rotatable bonds is 11. The Labute approximate surface area is 224 Å². The van der Waals surface area contributed by atoms with E-state index in [0.717, 1.165) is 32.1 Å². The van der Waals surface area contributed by atoms with Crippen LogP contribution in [0.15, 0.2) is 81.7 Å². The molecule has 3 aromatic carbocycles. The summed E-state index contributed by atoms with van der Waals surface area (Å²) in [5.74, 6) is 0.194. The topological polar surface area (TPSA) is 58.6 Å². The van der Waals surface area contributed by atoms with Gasteiger partial charge in [0.25, 0.3) is 5.91 Å². The molecule has 0 spiro atoms. The molecule has 2 amide bonds.